The van der Waals surface area contributed by atoms with Crippen LogP contribution in [0, 0.1) is 0 Å². The third-order valence-electron chi connectivity index (χ3n) is 0.132. The fraction of sp³-hybridized carbons (Fsp3) is 0. The van der Waals surface area contributed by atoms with Gasteiger partial charge >= 0.3 is 68.8 Å². The summed E-state index contributed by atoms with van der Waals surface area (Å²) in [4.78, 5) is 0. The molecule has 0 saturated carbocycles. The Bertz CT molecular complexity index is 91.7. The van der Waals surface area contributed by atoms with Crippen molar-refractivity contribution in [1.29, 1.82) is 0 Å². The van der Waals surface area contributed by atoms with Crippen molar-refractivity contribution in [3.63, 3.8) is 0 Å². The number of halogens is 2. The first-order chi connectivity index (χ1) is 2.77. The quantitative estimate of drug-likeness (QED) is 0.367. The van der Waals surface area contributed by atoms with Crippen molar-refractivity contribution >= 4 is 63.3 Å². The maximum absolute atomic E-state index is 6.96. The van der Waals surface area contributed by atoms with Crippen LogP contribution in [0.1, 0.15) is 0 Å². The topological polar surface area (TPSA) is 23.8 Å². The Hall–Kier alpha value is 2.00. The van der Waals surface area contributed by atoms with E-state index in [4.69, 9.17) is 5.50 Å². The van der Waals surface area contributed by atoms with E-state index in [1.165, 1.54) is 0 Å². The molecule has 0 rings (SSSR count). The second-order valence-corrected chi connectivity index (χ2v) is 9.43. The van der Waals surface area contributed by atoms with E-state index < -0.39 is 4.49 Å². The van der Waals surface area contributed by atoms with Gasteiger partial charge in [0.15, 0.2) is 0 Å². The molecule has 0 saturated heterocycles. The Balaban J connectivity index is 3.73. The molecule has 0 heterocycles. The molecular formula is HBI2NPS. The van der Waals surface area contributed by atoms with Crippen LogP contribution in [-0.2, 0) is 10.4 Å². The second kappa shape index (κ2) is 5.15. The SMILES string of the molecule is [NH-][P+](I)=S=BI. The summed E-state index contributed by atoms with van der Waals surface area (Å²) >= 11 is 4.23. The normalized spacial score (nSPS) is 9.50. The molecule has 0 aliphatic carbocycles. The molecule has 34 valence electrons. The van der Waals surface area contributed by atoms with Gasteiger partial charge in [-0.05, 0) is 0 Å². The zero-order valence-electron chi connectivity index (χ0n) is 2.69. The van der Waals surface area contributed by atoms with Gasteiger partial charge in [0.25, 0.3) is 0 Å². The molecule has 0 fully saturated rings. The van der Waals surface area contributed by atoms with Gasteiger partial charge in [-0.25, -0.2) is 0 Å². The summed E-state index contributed by atoms with van der Waals surface area (Å²) in [5.74, 6) is 0. The average Bonchev–Trinajstić information content (AvgIpc) is 1.35. The average molecular weight is 343 g/mol. The van der Waals surface area contributed by atoms with E-state index >= 15 is 0 Å². The molecule has 0 aliphatic heterocycles. The fourth-order valence-electron chi connectivity index (χ4n) is 0.0350. The predicted octanol–water partition coefficient (Wildman–Crippen LogP) is 2.75. The fourth-order valence-corrected chi connectivity index (χ4v) is 7.30. The van der Waals surface area contributed by atoms with Crippen molar-refractivity contribution in [2.75, 3.05) is 0 Å². The number of nitrogens with one attached hydrogen (secondary N) is 1. The minimum atomic E-state index is -0.527. The molecule has 0 amide bonds. The van der Waals surface area contributed by atoms with Crippen LogP contribution in [0.3, 0.4) is 0 Å². The van der Waals surface area contributed by atoms with Gasteiger partial charge in [0.2, 0.25) is 0 Å². The van der Waals surface area contributed by atoms with Crippen LogP contribution in [-0.4, -0.2) is 4.01 Å². The van der Waals surface area contributed by atoms with Gasteiger partial charge < -0.3 is 0 Å². The van der Waals surface area contributed by atoms with E-state index in [9.17, 15) is 0 Å². The zero-order chi connectivity index (χ0) is 4.99. The standard InChI is InChI=1S/BHI2NPS/c2-1-6-5(3)4/h4H. The molecular weight excluding hydrogens is 342 g/mol. The molecule has 0 aromatic rings. The Kier molecular flexibility index (Phi) is 6.87. The summed E-state index contributed by atoms with van der Waals surface area (Å²) in [6.45, 7) is 0. The molecule has 0 aromatic heterocycles. The third kappa shape index (κ3) is 6.00. The first kappa shape index (κ1) is 8.00. The van der Waals surface area contributed by atoms with E-state index in [1.807, 2.05) is 4.01 Å². The van der Waals surface area contributed by atoms with Crippen LogP contribution >= 0.6 is 48.9 Å². The summed E-state index contributed by atoms with van der Waals surface area (Å²) in [7, 11) is 1.57. The summed E-state index contributed by atoms with van der Waals surface area (Å²) in [6, 6.07) is 0. The predicted molar refractivity (Wildman–Crippen MR) is 52.4 cm³/mol. The Morgan fingerprint density at radius 3 is 2.33 bits per heavy atom. The van der Waals surface area contributed by atoms with Gasteiger partial charge in [0, 0.05) is 0 Å². The summed E-state index contributed by atoms with van der Waals surface area (Å²) in [6.07, 6.45) is 0. The monoisotopic (exact) mass is 343 g/mol. The van der Waals surface area contributed by atoms with E-state index in [0.717, 1.165) is 0 Å². The maximum atomic E-state index is 6.96. The van der Waals surface area contributed by atoms with E-state index in [1.54, 1.807) is 10.4 Å². The molecule has 0 spiro atoms. The molecule has 1 nitrogen and oxygen atoms in total. The number of hydrogen-bond acceptors (Lipinski definition) is 0. The number of hydrogen-bond donors (Lipinski definition) is 0. The van der Waals surface area contributed by atoms with Gasteiger partial charge in [0.1, 0.15) is 0 Å². The van der Waals surface area contributed by atoms with Crippen molar-refractivity contribution < 1.29 is 0 Å². The Morgan fingerprint density at radius 2 is 2.33 bits per heavy atom. The van der Waals surface area contributed by atoms with Crippen molar-refractivity contribution in [2.24, 2.45) is 0 Å². The second-order valence-electron chi connectivity index (χ2n) is 0.439. The molecule has 0 bridgehead atoms. The molecule has 0 aliphatic rings. The van der Waals surface area contributed by atoms with Crippen molar-refractivity contribution in [3.05, 3.63) is 5.50 Å². The first-order valence-corrected chi connectivity index (χ1v) is 7.89. The molecule has 6 heavy (non-hydrogen) atoms. The van der Waals surface area contributed by atoms with Crippen molar-refractivity contribution in [1.82, 2.24) is 0 Å². The Labute approximate surface area is 67.9 Å². The zero-order valence-corrected chi connectivity index (χ0v) is 8.71. The van der Waals surface area contributed by atoms with Crippen LogP contribution in [0.2, 0.25) is 0 Å². The summed E-state index contributed by atoms with van der Waals surface area (Å²) < 4.78 is 1.39. The third-order valence-corrected chi connectivity index (χ3v) is 5.29. The van der Waals surface area contributed by atoms with Gasteiger partial charge in [-0.3, -0.25) is 0 Å². The number of rotatable bonds is 0. The summed E-state index contributed by atoms with van der Waals surface area (Å²) in [5.41, 5.74) is 6.96. The first-order valence-electron chi connectivity index (χ1n) is 1.03. The Morgan fingerprint density at radius 1 is 1.83 bits per heavy atom. The van der Waals surface area contributed by atoms with E-state index in [2.05, 4.69) is 44.4 Å². The minimum absolute atomic E-state index is 0.527. The van der Waals surface area contributed by atoms with Crippen LogP contribution in [0.25, 0.3) is 5.50 Å². The van der Waals surface area contributed by atoms with Gasteiger partial charge in [0.05, 0.1) is 0 Å². The molecule has 0 radical (unpaired) electrons. The molecule has 1 atom stereocenters. The molecule has 0 aromatic carbocycles. The van der Waals surface area contributed by atoms with Crippen molar-refractivity contribution in [2.45, 2.75) is 0 Å². The van der Waals surface area contributed by atoms with Gasteiger partial charge in [-0.1, -0.05) is 0 Å². The van der Waals surface area contributed by atoms with Crippen LogP contribution < -0.4 is 0 Å². The van der Waals surface area contributed by atoms with Crippen LogP contribution in [0.15, 0.2) is 0 Å². The molecule has 1 unspecified atom stereocenters. The van der Waals surface area contributed by atoms with Crippen LogP contribution in [0.4, 0.5) is 0 Å². The van der Waals surface area contributed by atoms with Gasteiger partial charge in [-0.15, -0.1) is 0 Å². The van der Waals surface area contributed by atoms with E-state index in [-0.39, 0.29) is 0 Å². The van der Waals surface area contributed by atoms with Gasteiger partial charge in [-0.2, -0.15) is 0 Å². The van der Waals surface area contributed by atoms with Crippen molar-refractivity contribution in [3.8, 4) is 0 Å². The van der Waals surface area contributed by atoms with E-state index in [0.29, 0.717) is 0 Å². The molecule has 6 heteroatoms. The molecule has 1 N–H and O–H groups in total. The van der Waals surface area contributed by atoms with Crippen LogP contribution in [0.5, 0.6) is 0 Å². The summed E-state index contributed by atoms with van der Waals surface area (Å²) in [5, 5.41) is 0.